The van der Waals surface area contributed by atoms with Gasteiger partial charge in [0, 0.05) is 10.7 Å². The van der Waals surface area contributed by atoms with Crippen LogP contribution in [0.5, 0.6) is 0 Å². The van der Waals surface area contributed by atoms with Gasteiger partial charge < -0.3 is 0 Å². The van der Waals surface area contributed by atoms with Gasteiger partial charge in [0.15, 0.2) is 0 Å². The van der Waals surface area contributed by atoms with Gasteiger partial charge in [0.05, 0.1) is 5.69 Å². The maximum absolute atomic E-state index is 4.35. The summed E-state index contributed by atoms with van der Waals surface area (Å²) in [5.74, 6) is 0. The monoisotopic (exact) mass is 312 g/mol. The van der Waals surface area contributed by atoms with Gasteiger partial charge in [-0.25, -0.2) is 4.98 Å². The zero-order valence-corrected chi connectivity index (χ0v) is 10.3. The van der Waals surface area contributed by atoms with Crippen molar-refractivity contribution >= 4 is 31.9 Å². The molecule has 2 aromatic rings. The first-order valence-electron chi connectivity index (χ1n) is 4.01. The fourth-order valence-electron chi connectivity index (χ4n) is 1.10. The molecular formula is C10H6Br2N2. The molecule has 70 valence electrons. The van der Waals surface area contributed by atoms with Crippen LogP contribution in [-0.2, 0) is 0 Å². The van der Waals surface area contributed by atoms with Gasteiger partial charge in [-0.2, -0.15) is 0 Å². The van der Waals surface area contributed by atoms with Crippen LogP contribution in [0.15, 0.2) is 45.6 Å². The quantitative estimate of drug-likeness (QED) is 0.751. The fourth-order valence-corrected chi connectivity index (χ4v) is 1.83. The molecule has 4 heteroatoms. The van der Waals surface area contributed by atoms with E-state index in [0.29, 0.717) is 0 Å². The van der Waals surface area contributed by atoms with E-state index in [1.807, 2.05) is 30.3 Å². The molecule has 0 aromatic carbocycles. The zero-order chi connectivity index (χ0) is 9.97. The Labute approximate surface area is 98.7 Å². The van der Waals surface area contributed by atoms with Gasteiger partial charge in [0.25, 0.3) is 0 Å². The molecule has 0 aliphatic heterocycles. The standard InChI is InChI=1S/C10H6Br2N2/c11-7-4-5-9(12)14-10(7)8-3-1-2-6-13-8/h1-6H. The highest BCUT2D eigenvalue weighted by Gasteiger charge is 2.05. The van der Waals surface area contributed by atoms with Crippen LogP contribution in [0.2, 0.25) is 0 Å². The Morgan fingerprint density at radius 3 is 2.57 bits per heavy atom. The summed E-state index contributed by atoms with van der Waals surface area (Å²) in [6, 6.07) is 9.59. The first-order valence-corrected chi connectivity index (χ1v) is 5.59. The summed E-state index contributed by atoms with van der Waals surface area (Å²) in [7, 11) is 0. The fraction of sp³-hybridized carbons (Fsp3) is 0. The van der Waals surface area contributed by atoms with Gasteiger partial charge in [-0.3, -0.25) is 4.98 Å². The van der Waals surface area contributed by atoms with E-state index in [-0.39, 0.29) is 0 Å². The Bertz CT molecular complexity index is 443. The molecule has 14 heavy (non-hydrogen) atoms. The minimum atomic E-state index is 0.807. The van der Waals surface area contributed by atoms with Crippen molar-refractivity contribution in [3.05, 3.63) is 45.6 Å². The van der Waals surface area contributed by atoms with Gasteiger partial charge in [-0.1, -0.05) is 6.07 Å². The second-order valence-corrected chi connectivity index (χ2v) is 4.35. The van der Waals surface area contributed by atoms with Gasteiger partial charge in [0.1, 0.15) is 10.3 Å². The van der Waals surface area contributed by atoms with Crippen LogP contribution in [0.1, 0.15) is 0 Å². The lowest BCUT2D eigenvalue weighted by Gasteiger charge is -2.02. The third kappa shape index (κ3) is 2.01. The van der Waals surface area contributed by atoms with Crippen LogP contribution in [-0.4, -0.2) is 9.97 Å². The Morgan fingerprint density at radius 2 is 1.86 bits per heavy atom. The van der Waals surface area contributed by atoms with Crippen molar-refractivity contribution in [2.24, 2.45) is 0 Å². The van der Waals surface area contributed by atoms with Crippen molar-refractivity contribution in [3.8, 4) is 11.4 Å². The molecule has 0 aliphatic carbocycles. The average Bonchev–Trinajstić information content (AvgIpc) is 2.23. The van der Waals surface area contributed by atoms with Crippen LogP contribution in [0, 0.1) is 0 Å². The molecule has 0 saturated heterocycles. The molecule has 0 bridgehead atoms. The van der Waals surface area contributed by atoms with Gasteiger partial charge in [0.2, 0.25) is 0 Å². The third-order valence-electron chi connectivity index (χ3n) is 1.72. The number of rotatable bonds is 1. The van der Waals surface area contributed by atoms with Crippen molar-refractivity contribution in [3.63, 3.8) is 0 Å². The maximum Gasteiger partial charge on any atom is 0.106 e. The van der Waals surface area contributed by atoms with E-state index in [1.165, 1.54) is 0 Å². The highest BCUT2D eigenvalue weighted by atomic mass is 79.9. The molecule has 0 saturated carbocycles. The van der Waals surface area contributed by atoms with Crippen molar-refractivity contribution in [2.45, 2.75) is 0 Å². The van der Waals surface area contributed by atoms with Crippen molar-refractivity contribution in [1.82, 2.24) is 9.97 Å². The second-order valence-electron chi connectivity index (χ2n) is 2.68. The van der Waals surface area contributed by atoms with Gasteiger partial charge in [-0.05, 0) is 56.1 Å². The molecule has 2 aromatic heterocycles. The van der Waals surface area contributed by atoms with Crippen LogP contribution < -0.4 is 0 Å². The van der Waals surface area contributed by atoms with Crippen molar-refractivity contribution < 1.29 is 0 Å². The zero-order valence-electron chi connectivity index (χ0n) is 7.11. The summed E-state index contributed by atoms with van der Waals surface area (Å²) < 4.78 is 1.75. The SMILES string of the molecule is Brc1ccc(Br)c(-c2ccccn2)n1. The lowest BCUT2D eigenvalue weighted by Crippen LogP contribution is -1.88. The van der Waals surface area contributed by atoms with E-state index < -0.39 is 0 Å². The first-order chi connectivity index (χ1) is 6.77. The smallest absolute Gasteiger partial charge is 0.106 e. The molecule has 0 radical (unpaired) electrons. The molecule has 0 spiro atoms. The Balaban J connectivity index is 2.57. The van der Waals surface area contributed by atoms with E-state index >= 15 is 0 Å². The molecule has 0 fully saturated rings. The van der Waals surface area contributed by atoms with Crippen LogP contribution in [0.25, 0.3) is 11.4 Å². The van der Waals surface area contributed by atoms with E-state index in [4.69, 9.17) is 0 Å². The number of halogens is 2. The maximum atomic E-state index is 4.35. The largest absolute Gasteiger partial charge is 0.255 e. The van der Waals surface area contributed by atoms with E-state index in [2.05, 4.69) is 41.8 Å². The Morgan fingerprint density at radius 1 is 1.00 bits per heavy atom. The predicted molar refractivity (Wildman–Crippen MR) is 62.9 cm³/mol. The van der Waals surface area contributed by atoms with Crippen molar-refractivity contribution in [2.75, 3.05) is 0 Å². The summed E-state index contributed by atoms with van der Waals surface area (Å²) in [5, 5.41) is 0. The topological polar surface area (TPSA) is 25.8 Å². The van der Waals surface area contributed by atoms with E-state index in [1.54, 1.807) is 6.20 Å². The number of pyridine rings is 2. The normalized spacial score (nSPS) is 10.1. The predicted octanol–water partition coefficient (Wildman–Crippen LogP) is 3.67. The van der Waals surface area contributed by atoms with Crippen LogP contribution in [0.4, 0.5) is 0 Å². The lowest BCUT2D eigenvalue weighted by atomic mass is 10.2. The second kappa shape index (κ2) is 4.19. The van der Waals surface area contributed by atoms with Crippen LogP contribution in [0.3, 0.4) is 0 Å². The molecule has 0 atom stereocenters. The van der Waals surface area contributed by atoms with Crippen LogP contribution >= 0.6 is 31.9 Å². The number of hydrogen-bond donors (Lipinski definition) is 0. The summed E-state index contributed by atoms with van der Waals surface area (Å²) in [5.41, 5.74) is 1.71. The first kappa shape index (κ1) is 9.80. The lowest BCUT2D eigenvalue weighted by molar-refractivity contribution is 1.21. The molecule has 0 aliphatic rings. The minimum absolute atomic E-state index is 0.807. The summed E-state index contributed by atoms with van der Waals surface area (Å²) >= 11 is 6.78. The third-order valence-corrected chi connectivity index (χ3v) is 2.80. The highest BCUT2D eigenvalue weighted by Crippen LogP contribution is 2.25. The van der Waals surface area contributed by atoms with E-state index in [9.17, 15) is 0 Å². The number of hydrogen-bond acceptors (Lipinski definition) is 2. The summed E-state index contributed by atoms with van der Waals surface area (Å²) in [4.78, 5) is 8.59. The summed E-state index contributed by atoms with van der Waals surface area (Å²) in [6.07, 6.45) is 1.75. The highest BCUT2D eigenvalue weighted by molar-refractivity contribution is 9.11. The Hall–Kier alpha value is -0.740. The van der Waals surface area contributed by atoms with Gasteiger partial charge >= 0.3 is 0 Å². The number of aromatic nitrogens is 2. The molecule has 0 N–H and O–H groups in total. The van der Waals surface area contributed by atoms with Gasteiger partial charge in [-0.15, -0.1) is 0 Å². The van der Waals surface area contributed by atoms with Crippen molar-refractivity contribution in [1.29, 1.82) is 0 Å². The molecule has 2 nitrogen and oxygen atoms in total. The molecule has 0 unspecified atom stereocenters. The molecule has 2 rings (SSSR count). The molecular weight excluding hydrogens is 308 g/mol. The molecule has 0 amide bonds. The molecule has 2 heterocycles. The van der Waals surface area contributed by atoms with E-state index in [0.717, 1.165) is 20.5 Å². The average molecular weight is 314 g/mol. The number of nitrogens with zero attached hydrogens (tertiary/aromatic N) is 2. The summed E-state index contributed by atoms with van der Waals surface area (Å²) in [6.45, 7) is 0. The Kier molecular flexibility index (Phi) is 2.93. The minimum Gasteiger partial charge on any atom is -0.255 e.